The van der Waals surface area contributed by atoms with E-state index in [1.807, 2.05) is 25.1 Å². The molecule has 30 heavy (non-hydrogen) atoms. The van der Waals surface area contributed by atoms with Gasteiger partial charge >= 0.3 is 0 Å². The van der Waals surface area contributed by atoms with Gasteiger partial charge in [0.05, 0.1) is 22.8 Å². The Hall–Kier alpha value is -3.84. The molecule has 1 aliphatic rings. The quantitative estimate of drug-likeness (QED) is 0.561. The lowest BCUT2D eigenvalue weighted by atomic mass is 9.74. The van der Waals surface area contributed by atoms with E-state index in [4.69, 9.17) is 5.26 Å². The van der Waals surface area contributed by atoms with Gasteiger partial charge in [0.15, 0.2) is 0 Å². The number of hydrogen-bond acceptors (Lipinski definition) is 3. The van der Waals surface area contributed by atoms with Crippen molar-refractivity contribution in [3.8, 4) is 6.07 Å². The molecule has 0 saturated heterocycles. The first kappa shape index (κ1) is 19.5. The highest BCUT2D eigenvalue weighted by Gasteiger charge is 2.37. The lowest BCUT2D eigenvalue weighted by Crippen LogP contribution is -2.24. The smallest absolute Gasteiger partial charge is 0.201 e. The number of fused-ring (bicyclic) bond motifs is 1. The largest absolute Gasteiger partial charge is 0.506 e. The molecular weight excluding hydrogens is 372 g/mol. The van der Waals surface area contributed by atoms with Crippen LogP contribution in [0.25, 0.3) is 16.5 Å². The van der Waals surface area contributed by atoms with Crippen LogP contribution in [0.2, 0.25) is 0 Å². The second kappa shape index (κ2) is 6.89. The van der Waals surface area contributed by atoms with Crippen molar-refractivity contribution in [3.63, 3.8) is 0 Å². The zero-order valence-electron chi connectivity index (χ0n) is 17.2. The summed E-state index contributed by atoms with van der Waals surface area (Å²) in [5, 5.41) is 20.6. The number of hydrogen-bond donors (Lipinski definition) is 2. The van der Waals surface area contributed by atoms with Crippen LogP contribution in [-0.4, -0.2) is 15.9 Å². The van der Waals surface area contributed by atoms with Gasteiger partial charge in [0.1, 0.15) is 5.76 Å². The molecule has 1 heterocycles. The maximum absolute atomic E-state index is 12.9. The molecular formula is C26H22N2O2. The average Bonchev–Trinajstić information content (AvgIpc) is 3.14. The summed E-state index contributed by atoms with van der Waals surface area (Å²) < 4.78 is 0. The van der Waals surface area contributed by atoms with Crippen LogP contribution in [0.4, 0.5) is 0 Å². The van der Waals surface area contributed by atoms with E-state index < -0.39 is 5.41 Å². The number of allylic oxidation sites excluding steroid dienone is 4. The topological polar surface area (TPSA) is 76.9 Å². The second-order valence-electron chi connectivity index (χ2n) is 8.15. The molecule has 0 saturated carbocycles. The van der Waals surface area contributed by atoms with Crippen LogP contribution in [0.15, 0.2) is 78.2 Å². The summed E-state index contributed by atoms with van der Waals surface area (Å²) in [5.74, 6) is -0.262. The molecule has 0 unspecified atom stereocenters. The Kier molecular flexibility index (Phi) is 4.47. The van der Waals surface area contributed by atoms with Gasteiger partial charge in [-0.3, -0.25) is 4.79 Å². The predicted octanol–water partition coefficient (Wildman–Crippen LogP) is 5.66. The lowest BCUT2D eigenvalue weighted by Gasteiger charge is -2.30. The highest BCUT2D eigenvalue weighted by Crippen LogP contribution is 2.41. The molecule has 0 atom stereocenters. The number of benzene rings is 2. The van der Waals surface area contributed by atoms with Gasteiger partial charge in [-0.2, -0.15) is 5.26 Å². The number of nitrogens with one attached hydrogen (secondary N) is 1. The number of H-pyrrole nitrogens is 1. The fourth-order valence-corrected chi connectivity index (χ4v) is 4.00. The van der Waals surface area contributed by atoms with E-state index in [9.17, 15) is 9.90 Å². The molecule has 4 rings (SSSR count). The van der Waals surface area contributed by atoms with E-state index >= 15 is 0 Å². The minimum atomic E-state index is -0.392. The van der Waals surface area contributed by atoms with Crippen molar-refractivity contribution in [1.82, 2.24) is 4.98 Å². The molecule has 0 amide bonds. The summed E-state index contributed by atoms with van der Waals surface area (Å²) in [6.45, 7) is 10.4. The fraction of sp³-hybridized carbons (Fsp3) is 0.154. The third-order valence-corrected chi connectivity index (χ3v) is 5.98. The number of aryl methyl sites for hydroxylation is 1. The van der Waals surface area contributed by atoms with Crippen molar-refractivity contribution in [3.05, 3.63) is 100 Å². The van der Waals surface area contributed by atoms with Gasteiger partial charge in [0, 0.05) is 28.1 Å². The molecule has 0 radical (unpaired) electrons. The van der Waals surface area contributed by atoms with Gasteiger partial charge in [-0.15, -0.1) is 0 Å². The number of aliphatic hydroxyl groups excluding tert-OH is 1. The summed E-state index contributed by atoms with van der Waals surface area (Å²) in [7, 11) is 0. The van der Waals surface area contributed by atoms with Crippen LogP contribution in [0.3, 0.4) is 0 Å². The third-order valence-electron chi connectivity index (χ3n) is 5.98. The molecule has 148 valence electrons. The summed E-state index contributed by atoms with van der Waals surface area (Å²) in [4.78, 5) is 16.0. The Balaban J connectivity index is 1.73. The van der Waals surface area contributed by atoms with Crippen LogP contribution >= 0.6 is 0 Å². The number of Topliss-reactive ketones (excluding diaryl/α,β-unsaturated/α-hetero) is 1. The molecule has 2 N–H and O–H groups in total. The number of nitriles is 1. The van der Waals surface area contributed by atoms with Crippen molar-refractivity contribution in [2.45, 2.75) is 26.2 Å². The summed E-state index contributed by atoms with van der Waals surface area (Å²) >= 11 is 0. The molecule has 3 aromatic rings. The highest BCUT2D eigenvalue weighted by atomic mass is 16.3. The number of aromatic nitrogens is 1. The molecule has 4 nitrogen and oxygen atoms in total. The summed E-state index contributed by atoms with van der Waals surface area (Å²) in [6.07, 6.45) is 3.38. The molecule has 1 aliphatic carbocycles. The number of aromatic amines is 1. The number of carbonyl (C=O) groups excluding carboxylic acids is 1. The van der Waals surface area contributed by atoms with Gasteiger partial charge in [-0.1, -0.05) is 44.7 Å². The van der Waals surface area contributed by atoms with E-state index in [-0.39, 0.29) is 22.7 Å². The summed E-state index contributed by atoms with van der Waals surface area (Å²) in [6, 6.07) is 15.4. The maximum atomic E-state index is 12.9. The van der Waals surface area contributed by atoms with Crippen LogP contribution in [-0.2, 0) is 10.2 Å². The predicted molar refractivity (Wildman–Crippen MR) is 119 cm³/mol. The molecule has 4 heteroatoms. The van der Waals surface area contributed by atoms with Gasteiger partial charge in [0.2, 0.25) is 5.78 Å². The second-order valence-corrected chi connectivity index (χ2v) is 8.15. The first-order valence-corrected chi connectivity index (χ1v) is 9.72. The van der Waals surface area contributed by atoms with Crippen molar-refractivity contribution < 1.29 is 9.90 Å². The van der Waals surface area contributed by atoms with Crippen LogP contribution in [0.5, 0.6) is 0 Å². The molecule has 1 aromatic heterocycles. The normalized spacial score (nSPS) is 15.4. The standard InChI is InChI=1S/C26H22N2O2/c1-15-7-5-6-8-21(15)26(3,4)16(2)11-19-24(29)23(25(19)30)20-14-28-22-10-9-17(13-27)12-18(20)22/h5-12,14,28-29H,2H2,1,3-4H3/b19-11+. The maximum Gasteiger partial charge on any atom is 0.201 e. The molecule has 0 spiro atoms. The van der Waals surface area contributed by atoms with Crippen LogP contribution < -0.4 is 0 Å². The average molecular weight is 394 g/mol. The lowest BCUT2D eigenvalue weighted by molar-refractivity contribution is -0.111. The Morgan fingerprint density at radius 3 is 2.63 bits per heavy atom. The Morgan fingerprint density at radius 2 is 1.97 bits per heavy atom. The zero-order valence-corrected chi connectivity index (χ0v) is 17.2. The van der Waals surface area contributed by atoms with E-state index in [1.165, 1.54) is 0 Å². The third kappa shape index (κ3) is 2.87. The highest BCUT2D eigenvalue weighted by molar-refractivity contribution is 6.40. The molecule has 0 bridgehead atoms. The first-order valence-electron chi connectivity index (χ1n) is 9.72. The van der Waals surface area contributed by atoms with Crippen LogP contribution in [0, 0.1) is 18.3 Å². The Labute approximate surface area is 175 Å². The number of carbonyl (C=O) groups is 1. The fourth-order valence-electron chi connectivity index (χ4n) is 4.00. The zero-order chi connectivity index (χ0) is 21.6. The summed E-state index contributed by atoms with van der Waals surface area (Å²) in [5.41, 5.74) is 5.07. The minimum absolute atomic E-state index is 0.0370. The van der Waals surface area contributed by atoms with E-state index in [1.54, 1.807) is 30.5 Å². The van der Waals surface area contributed by atoms with Gasteiger partial charge in [0.25, 0.3) is 0 Å². The number of rotatable bonds is 4. The van der Waals surface area contributed by atoms with E-state index in [2.05, 4.69) is 37.5 Å². The van der Waals surface area contributed by atoms with Gasteiger partial charge < -0.3 is 10.1 Å². The minimum Gasteiger partial charge on any atom is -0.506 e. The van der Waals surface area contributed by atoms with Gasteiger partial charge in [-0.25, -0.2) is 0 Å². The number of nitrogens with zero attached hydrogens (tertiary/aromatic N) is 1. The van der Waals surface area contributed by atoms with E-state index in [0.29, 0.717) is 11.1 Å². The number of ketones is 1. The Morgan fingerprint density at radius 1 is 1.23 bits per heavy atom. The van der Waals surface area contributed by atoms with E-state index in [0.717, 1.165) is 27.6 Å². The first-order chi connectivity index (χ1) is 14.3. The molecule has 2 aromatic carbocycles. The molecule has 0 fully saturated rings. The van der Waals surface area contributed by atoms with Crippen LogP contribution in [0.1, 0.15) is 36.1 Å². The SMILES string of the molecule is C=C(/C=C1/C(=O)C(c2c[nH]c3ccc(C#N)cc23)=C1O)C(C)(C)c1ccccc1C. The van der Waals surface area contributed by atoms with Crippen molar-refractivity contribution in [1.29, 1.82) is 5.26 Å². The van der Waals surface area contributed by atoms with Crippen molar-refractivity contribution in [2.75, 3.05) is 0 Å². The monoisotopic (exact) mass is 394 g/mol. The van der Waals surface area contributed by atoms with Gasteiger partial charge in [-0.05, 0) is 47.9 Å². The molecule has 0 aliphatic heterocycles. The van der Waals surface area contributed by atoms with Crippen molar-refractivity contribution in [2.24, 2.45) is 0 Å². The Bertz CT molecular complexity index is 1330. The number of aliphatic hydroxyl groups is 1. The van der Waals surface area contributed by atoms with Crippen molar-refractivity contribution >= 4 is 22.3 Å².